The average molecular weight is 402 g/mol. The number of rotatable bonds is 5. The average Bonchev–Trinajstić information content (AvgIpc) is 2.67. The Balaban J connectivity index is 2.11. The van der Waals surface area contributed by atoms with Crippen molar-refractivity contribution in [3.05, 3.63) is 88.7 Å². The van der Waals surface area contributed by atoms with Crippen LogP contribution in [0.5, 0.6) is 0 Å². The maximum atomic E-state index is 4.40. The molecule has 0 radical (unpaired) electrons. The molecule has 0 aromatic heterocycles. The number of aryl methyl sites for hydroxylation is 1. The van der Waals surface area contributed by atoms with Gasteiger partial charge in [-0.05, 0) is 39.8 Å². The minimum absolute atomic E-state index is 0.522. The van der Waals surface area contributed by atoms with E-state index in [0.717, 1.165) is 0 Å². The van der Waals surface area contributed by atoms with Crippen molar-refractivity contribution in [3.8, 4) is 11.1 Å². The van der Waals surface area contributed by atoms with Gasteiger partial charge in [0.1, 0.15) is 12.2 Å². The van der Waals surface area contributed by atoms with Gasteiger partial charge in [0.2, 0.25) is 0 Å². The fourth-order valence-electron chi connectivity index (χ4n) is 3.91. The first-order chi connectivity index (χ1) is 13.6. The fraction of sp³-hybridized carbons (Fsp3) is 0.333. The molecule has 1 aliphatic heterocycles. The summed E-state index contributed by atoms with van der Waals surface area (Å²) < 4.78 is 2.10. The molecule has 0 bridgehead atoms. The summed E-state index contributed by atoms with van der Waals surface area (Å²) in [5.74, 6) is 1.13. The molecule has 1 nitrogen and oxygen atoms in total. The standard InChI is InChI=1S/C27H35NSi/c1-19(2)21(4)25-17-26(28(5)18-27(25)29(6,7)8)24-16-23(15-14-20(24)3)22-12-10-9-11-13-22/h9-19,21H,5H2,1-4,6-8H3. The molecule has 0 saturated carbocycles. The lowest BCUT2D eigenvalue weighted by atomic mass is 9.85. The van der Waals surface area contributed by atoms with Crippen LogP contribution in [0.4, 0.5) is 0 Å². The van der Waals surface area contributed by atoms with Crippen LogP contribution in [0.3, 0.4) is 0 Å². The topological polar surface area (TPSA) is 3.01 Å². The smallest absolute Gasteiger partial charge is 0.147 e. The highest BCUT2D eigenvalue weighted by atomic mass is 28.3. The third kappa shape index (κ3) is 4.48. The Hall–Kier alpha value is -2.32. The maximum absolute atomic E-state index is 4.40. The van der Waals surface area contributed by atoms with Gasteiger partial charge in [0, 0.05) is 0 Å². The molecule has 1 heterocycles. The quantitative estimate of drug-likeness (QED) is 0.282. The number of benzene rings is 2. The van der Waals surface area contributed by atoms with Crippen LogP contribution in [0.25, 0.3) is 11.1 Å². The van der Waals surface area contributed by atoms with Gasteiger partial charge in [0.25, 0.3) is 0 Å². The summed E-state index contributed by atoms with van der Waals surface area (Å²) >= 11 is 0. The fourth-order valence-corrected chi connectivity index (χ4v) is 5.62. The van der Waals surface area contributed by atoms with Crippen LogP contribution in [0, 0.1) is 24.8 Å². The molecule has 0 N–H and O–H groups in total. The molecule has 2 heteroatoms. The van der Waals surface area contributed by atoms with Gasteiger partial charge in [-0.3, -0.25) is 4.58 Å². The first-order valence-corrected chi connectivity index (χ1v) is 14.2. The summed E-state index contributed by atoms with van der Waals surface area (Å²) in [6, 6.07) is 18.6. The van der Waals surface area contributed by atoms with E-state index in [2.05, 4.69) is 119 Å². The molecule has 152 valence electrons. The zero-order valence-corrected chi connectivity index (χ0v) is 20.1. The van der Waals surface area contributed by atoms with Gasteiger partial charge in [-0.1, -0.05) is 107 Å². The molecule has 2 aromatic rings. The second-order valence-electron chi connectivity index (χ2n) is 9.68. The molecule has 1 aliphatic rings. The zero-order chi connectivity index (χ0) is 21.3. The molecule has 0 amide bonds. The first kappa shape index (κ1) is 21.4. The maximum Gasteiger partial charge on any atom is 0.147 e. The lowest BCUT2D eigenvalue weighted by Gasteiger charge is -2.35. The van der Waals surface area contributed by atoms with E-state index in [1.165, 1.54) is 39.1 Å². The van der Waals surface area contributed by atoms with Crippen molar-refractivity contribution in [3.63, 3.8) is 0 Å². The highest BCUT2D eigenvalue weighted by Crippen LogP contribution is 2.39. The van der Waals surface area contributed by atoms with E-state index in [9.17, 15) is 0 Å². The first-order valence-electron chi connectivity index (χ1n) is 10.7. The van der Waals surface area contributed by atoms with E-state index in [1.54, 1.807) is 0 Å². The number of hydrogen-bond donors (Lipinski definition) is 0. The van der Waals surface area contributed by atoms with Crippen molar-refractivity contribution in [2.24, 2.45) is 11.8 Å². The van der Waals surface area contributed by atoms with Crippen molar-refractivity contribution >= 4 is 14.8 Å². The van der Waals surface area contributed by atoms with E-state index in [-0.39, 0.29) is 0 Å². The van der Waals surface area contributed by atoms with Gasteiger partial charge in [0.15, 0.2) is 0 Å². The van der Waals surface area contributed by atoms with Gasteiger partial charge in [-0.2, -0.15) is 0 Å². The summed E-state index contributed by atoms with van der Waals surface area (Å²) in [6.45, 7) is 20.9. The number of allylic oxidation sites excluding steroid dienone is 2. The van der Waals surface area contributed by atoms with Gasteiger partial charge >= 0.3 is 0 Å². The predicted molar refractivity (Wildman–Crippen MR) is 130 cm³/mol. The molecule has 3 rings (SSSR count). The van der Waals surface area contributed by atoms with Gasteiger partial charge in [-0.15, -0.1) is 0 Å². The third-order valence-electron chi connectivity index (χ3n) is 6.12. The summed E-state index contributed by atoms with van der Waals surface area (Å²) in [7, 11) is -1.48. The van der Waals surface area contributed by atoms with E-state index >= 15 is 0 Å². The third-order valence-corrected chi connectivity index (χ3v) is 8.15. The molecule has 1 unspecified atom stereocenters. The van der Waals surface area contributed by atoms with Gasteiger partial charge in [-0.25, -0.2) is 0 Å². The summed E-state index contributed by atoms with van der Waals surface area (Å²) in [5, 5.41) is 1.52. The Morgan fingerprint density at radius 3 is 2.17 bits per heavy atom. The molecular formula is C27H35NSi. The number of hydrogen-bond acceptors (Lipinski definition) is 0. The lowest BCUT2D eigenvalue weighted by Crippen LogP contribution is -2.33. The van der Waals surface area contributed by atoms with E-state index in [4.69, 9.17) is 0 Å². The molecular weight excluding hydrogens is 366 g/mol. The zero-order valence-electron chi connectivity index (χ0n) is 19.1. The van der Waals surface area contributed by atoms with Crippen molar-refractivity contribution in [1.82, 2.24) is 0 Å². The van der Waals surface area contributed by atoms with Crippen LogP contribution in [0.1, 0.15) is 31.9 Å². The second kappa shape index (κ2) is 8.20. The van der Waals surface area contributed by atoms with Crippen molar-refractivity contribution in [1.29, 1.82) is 0 Å². The Morgan fingerprint density at radius 2 is 1.59 bits per heavy atom. The molecule has 0 saturated heterocycles. The van der Waals surface area contributed by atoms with Crippen molar-refractivity contribution in [2.75, 3.05) is 0 Å². The Morgan fingerprint density at radius 1 is 0.931 bits per heavy atom. The van der Waals surface area contributed by atoms with Crippen LogP contribution in [0.15, 0.2) is 71.6 Å². The van der Waals surface area contributed by atoms with Gasteiger partial charge < -0.3 is 0 Å². The van der Waals surface area contributed by atoms with Gasteiger partial charge in [0.05, 0.1) is 14.8 Å². The van der Waals surface area contributed by atoms with Crippen LogP contribution in [-0.2, 0) is 0 Å². The SMILES string of the molecule is C=[N+]1C=C([Si](C)(C)C)C(C(C)C(C)C)=C[C-]1c1cc(-c2ccccc2)ccc1C. The van der Waals surface area contributed by atoms with Crippen LogP contribution in [-0.4, -0.2) is 19.4 Å². The highest BCUT2D eigenvalue weighted by molar-refractivity contribution is 6.84. The summed E-state index contributed by atoms with van der Waals surface area (Å²) in [5.41, 5.74) is 6.54. The molecule has 2 aromatic carbocycles. The molecule has 0 aliphatic carbocycles. The minimum atomic E-state index is -1.48. The Labute approximate surface area is 178 Å². The minimum Gasteiger partial charge on any atom is -0.255 e. The van der Waals surface area contributed by atoms with Crippen LogP contribution < -0.4 is 0 Å². The Bertz CT molecular complexity index is 958. The monoisotopic (exact) mass is 401 g/mol. The largest absolute Gasteiger partial charge is 0.255 e. The van der Waals surface area contributed by atoms with E-state index in [0.29, 0.717) is 11.8 Å². The normalized spacial score (nSPS) is 16.0. The molecule has 0 spiro atoms. The van der Waals surface area contributed by atoms with Crippen LogP contribution in [0.2, 0.25) is 19.6 Å². The highest BCUT2D eigenvalue weighted by Gasteiger charge is 2.32. The summed E-state index contributed by atoms with van der Waals surface area (Å²) in [6.07, 6.45) is 4.73. The van der Waals surface area contributed by atoms with E-state index in [1.807, 2.05) is 0 Å². The molecule has 0 fully saturated rings. The predicted octanol–water partition coefficient (Wildman–Crippen LogP) is 7.25. The molecule has 29 heavy (non-hydrogen) atoms. The lowest BCUT2D eigenvalue weighted by molar-refractivity contribution is -0.418. The van der Waals surface area contributed by atoms with Crippen molar-refractivity contribution < 1.29 is 4.58 Å². The second-order valence-corrected chi connectivity index (χ2v) is 14.7. The number of nitrogens with zero attached hydrogens (tertiary/aromatic N) is 1. The summed E-state index contributed by atoms with van der Waals surface area (Å²) in [4.78, 5) is 0. The molecule has 1 atom stereocenters. The van der Waals surface area contributed by atoms with E-state index < -0.39 is 8.07 Å². The Kier molecular flexibility index (Phi) is 6.04. The van der Waals surface area contributed by atoms with Crippen LogP contribution >= 0.6 is 0 Å². The van der Waals surface area contributed by atoms with Crippen molar-refractivity contribution in [2.45, 2.75) is 47.3 Å².